The van der Waals surface area contributed by atoms with E-state index < -0.39 is 34.4 Å². The van der Waals surface area contributed by atoms with E-state index in [-0.39, 0.29) is 4.90 Å². The lowest BCUT2D eigenvalue weighted by molar-refractivity contribution is -0.145. The van der Waals surface area contributed by atoms with Crippen molar-refractivity contribution in [3.63, 3.8) is 0 Å². The van der Waals surface area contributed by atoms with Crippen LogP contribution in [-0.2, 0) is 19.6 Å². The van der Waals surface area contributed by atoms with Crippen molar-refractivity contribution in [3.05, 3.63) is 36.4 Å². The van der Waals surface area contributed by atoms with Crippen LogP contribution in [0.5, 0.6) is 0 Å². The van der Waals surface area contributed by atoms with Crippen LogP contribution in [-0.4, -0.2) is 50.7 Å². The number of aliphatic carboxylic acids is 2. The quantitative estimate of drug-likeness (QED) is 0.670. The molecule has 0 heterocycles. The summed E-state index contributed by atoms with van der Waals surface area (Å²) in [6.45, 7) is 0. The normalized spacial score (nSPS) is 12.7. The number of anilines is 1. The van der Waals surface area contributed by atoms with Gasteiger partial charge in [0.2, 0.25) is 10.0 Å². The third kappa shape index (κ3) is 4.06. The van der Waals surface area contributed by atoms with Crippen molar-refractivity contribution in [1.82, 2.24) is 4.72 Å². The van der Waals surface area contributed by atoms with Gasteiger partial charge in [-0.1, -0.05) is 24.3 Å². The summed E-state index contributed by atoms with van der Waals surface area (Å²) in [4.78, 5) is 23.6. The standard InChI is InChI=1S/C16H18N2O6S/c1-18(2)13-7-3-6-11-10(13)5-4-8-14(11)25(23,24)17-12(16(21)22)9-15(19)20/h3-8,12,17H,9H2,1-2H3,(H,19,20)(H,21,22). The van der Waals surface area contributed by atoms with Gasteiger partial charge >= 0.3 is 11.9 Å². The van der Waals surface area contributed by atoms with Gasteiger partial charge < -0.3 is 15.1 Å². The number of hydrogen-bond acceptors (Lipinski definition) is 5. The zero-order valence-electron chi connectivity index (χ0n) is 13.6. The van der Waals surface area contributed by atoms with Gasteiger partial charge in [0.05, 0.1) is 11.3 Å². The van der Waals surface area contributed by atoms with E-state index in [4.69, 9.17) is 10.2 Å². The maximum absolute atomic E-state index is 12.6. The maximum atomic E-state index is 12.6. The van der Waals surface area contributed by atoms with Gasteiger partial charge in [0, 0.05) is 30.6 Å². The van der Waals surface area contributed by atoms with Crippen LogP contribution in [0.4, 0.5) is 5.69 Å². The molecule has 25 heavy (non-hydrogen) atoms. The Labute approximate surface area is 144 Å². The van der Waals surface area contributed by atoms with Crippen LogP contribution in [0.2, 0.25) is 0 Å². The van der Waals surface area contributed by atoms with Gasteiger partial charge in [-0.15, -0.1) is 0 Å². The molecule has 9 heteroatoms. The second kappa shape index (κ2) is 7.08. The smallest absolute Gasteiger partial charge is 0.322 e. The molecule has 0 saturated heterocycles. The van der Waals surface area contributed by atoms with Crippen LogP contribution in [0.1, 0.15) is 6.42 Å². The Morgan fingerprint density at radius 1 is 1.08 bits per heavy atom. The molecule has 134 valence electrons. The third-order valence-electron chi connectivity index (χ3n) is 3.60. The molecule has 0 spiro atoms. The van der Waals surface area contributed by atoms with Crippen LogP contribution < -0.4 is 9.62 Å². The van der Waals surface area contributed by atoms with Gasteiger partial charge in [-0.25, -0.2) is 8.42 Å². The first-order valence-corrected chi connectivity index (χ1v) is 8.78. The lowest BCUT2D eigenvalue weighted by Gasteiger charge is -2.18. The molecule has 0 fully saturated rings. The first kappa shape index (κ1) is 18.7. The predicted octanol–water partition coefficient (Wildman–Crippen LogP) is 1.11. The first-order chi connectivity index (χ1) is 11.6. The molecule has 2 rings (SSSR count). The van der Waals surface area contributed by atoms with E-state index in [9.17, 15) is 18.0 Å². The third-order valence-corrected chi connectivity index (χ3v) is 5.13. The Kier molecular flexibility index (Phi) is 5.29. The monoisotopic (exact) mass is 366 g/mol. The van der Waals surface area contributed by atoms with Gasteiger partial charge in [0.15, 0.2) is 0 Å². The number of sulfonamides is 1. The predicted molar refractivity (Wildman–Crippen MR) is 92.3 cm³/mol. The number of hydrogen-bond donors (Lipinski definition) is 3. The molecule has 0 amide bonds. The highest BCUT2D eigenvalue weighted by molar-refractivity contribution is 7.89. The molecule has 0 saturated carbocycles. The van der Waals surface area contributed by atoms with Crippen LogP contribution in [0.25, 0.3) is 10.8 Å². The van der Waals surface area contributed by atoms with E-state index in [0.29, 0.717) is 10.8 Å². The molecule has 0 radical (unpaired) electrons. The number of carbonyl (C=O) groups is 2. The minimum atomic E-state index is -4.23. The number of benzene rings is 2. The largest absolute Gasteiger partial charge is 0.481 e. The van der Waals surface area contributed by atoms with Gasteiger partial charge in [0.1, 0.15) is 6.04 Å². The number of rotatable bonds is 7. The van der Waals surface area contributed by atoms with Gasteiger partial charge in [-0.05, 0) is 12.1 Å². The highest BCUT2D eigenvalue weighted by Crippen LogP contribution is 2.30. The SMILES string of the molecule is CN(C)c1cccc2c(S(=O)(=O)NC(CC(=O)O)C(=O)O)cccc12. The van der Waals surface area contributed by atoms with Crippen LogP contribution in [0.3, 0.4) is 0 Å². The van der Waals surface area contributed by atoms with E-state index in [0.717, 1.165) is 5.69 Å². The summed E-state index contributed by atoms with van der Waals surface area (Å²) in [5, 5.41) is 18.9. The molecule has 0 aromatic heterocycles. The number of nitrogens with zero attached hydrogens (tertiary/aromatic N) is 1. The zero-order valence-corrected chi connectivity index (χ0v) is 14.4. The summed E-state index contributed by atoms with van der Waals surface area (Å²) < 4.78 is 27.2. The molecule has 1 unspecified atom stereocenters. The van der Waals surface area contributed by atoms with E-state index >= 15 is 0 Å². The lowest BCUT2D eigenvalue weighted by Crippen LogP contribution is -2.42. The average molecular weight is 366 g/mol. The molecule has 0 aliphatic rings. The Balaban J connectivity index is 2.54. The molecule has 8 nitrogen and oxygen atoms in total. The molecule has 0 aliphatic carbocycles. The van der Waals surface area contributed by atoms with Crippen molar-refractivity contribution in [3.8, 4) is 0 Å². The van der Waals surface area contributed by atoms with Crippen molar-refractivity contribution in [1.29, 1.82) is 0 Å². The zero-order chi connectivity index (χ0) is 18.8. The molecular weight excluding hydrogens is 348 g/mol. The molecule has 3 N–H and O–H groups in total. The summed E-state index contributed by atoms with van der Waals surface area (Å²) in [7, 11) is -0.590. The fraction of sp³-hybridized carbons (Fsp3) is 0.250. The molecule has 0 aliphatic heterocycles. The summed E-state index contributed by atoms with van der Waals surface area (Å²) in [6.07, 6.45) is -0.859. The summed E-state index contributed by atoms with van der Waals surface area (Å²) >= 11 is 0. The Morgan fingerprint density at radius 2 is 1.68 bits per heavy atom. The van der Waals surface area contributed by atoms with Crippen LogP contribution in [0.15, 0.2) is 41.3 Å². The second-order valence-electron chi connectivity index (χ2n) is 5.63. The lowest BCUT2D eigenvalue weighted by atomic mass is 10.1. The van der Waals surface area contributed by atoms with E-state index in [1.165, 1.54) is 6.07 Å². The minimum Gasteiger partial charge on any atom is -0.481 e. The summed E-state index contributed by atoms with van der Waals surface area (Å²) in [6, 6.07) is 8.05. The van der Waals surface area contributed by atoms with Gasteiger partial charge in [0.25, 0.3) is 0 Å². The average Bonchev–Trinajstić information content (AvgIpc) is 2.52. The number of fused-ring (bicyclic) bond motifs is 1. The second-order valence-corrected chi connectivity index (χ2v) is 7.32. The van der Waals surface area contributed by atoms with Crippen LogP contribution >= 0.6 is 0 Å². The number of carboxylic acid groups (broad SMARTS) is 2. The highest BCUT2D eigenvalue weighted by atomic mass is 32.2. The maximum Gasteiger partial charge on any atom is 0.322 e. The highest BCUT2D eigenvalue weighted by Gasteiger charge is 2.28. The van der Waals surface area contributed by atoms with Crippen molar-refractivity contribution in [2.24, 2.45) is 0 Å². The Hall–Kier alpha value is -2.65. The minimum absolute atomic E-state index is 0.106. The number of carboxylic acids is 2. The first-order valence-electron chi connectivity index (χ1n) is 7.29. The van der Waals surface area contributed by atoms with Crippen molar-refractivity contribution in [2.45, 2.75) is 17.4 Å². The van der Waals surface area contributed by atoms with Crippen molar-refractivity contribution < 1.29 is 28.2 Å². The number of nitrogens with one attached hydrogen (secondary N) is 1. The Morgan fingerprint density at radius 3 is 2.24 bits per heavy atom. The van der Waals surface area contributed by atoms with E-state index in [1.807, 2.05) is 29.8 Å². The fourth-order valence-electron chi connectivity index (χ4n) is 2.49. The van der Waals surface area contributed by atoms with Crippen molar-refractivity contribution in [2.75, 3.05) is 19.0 Å². The molecule has 2 aromatic rings. The topological polar surface area (TPSA) is 124 Å². The summed E-state index contributed by atoms with van der Waals surface area (Å²) in [5.41, 5.74) is 0.801. The molecule has 0 bridgehead atoms. The van der Waals surface area contributed by atoms with E-state index in [1.54, 1.807) is 24.3 Å². The van der Waals surface area contributed by atoms with E-state index in [2.05, 4.69) is 0 Å². The molecule has 2 aromatic carbocycles. The van der Waals surface area contributed by atoms with Gasteiger partial charge in [-0.2, -0.15) is 4.72 Å². The Bertz CT molecular complexity index is 923. The molecular formula is C16H18N2O6S. The van der Waals surface area contributed by atoms with Crippen LogP contribution in [0, 0.1) is 0 Å². The van der Waals surface area contributed by atoms with Gasteiger partial charge in [-0.3, -0.25) is 9.59 Å². The molecule has 1 atom stereocenters. The summed E-state index contributed by atoms with van der Waals surface area (Å²) in [5.74, 6) is -2.97. The fourth-order valence-corrected chi connectivity index (χ4v) is 3.90. The van der Waals surface area contributed by atoms with Crippen molar-refractivity contribution >= 4 is 38.4 Å².